The number of benzene rings is 1. The molecule has 0 aliphatic rings. The quantitative estimate of drug-likeness (QED) is 0.874. The van der Waals surface area contributed by atoms with E-state index in [9.17, 15) is 4.79 Å². The number of aromatic nitrogens is 1. The molecule has 0 bridgehead atoms. The molecule has 2 aromatic rings. The van der Waals surface area contributed by atoms with Crippen molar-refractivity contribution in [2.45, 2.75) is 25.8 Å². The Balaban J connectivity index is 2.02. The average molecular weight is 243 g/mol. The fraction of sp³-hybridized carbons (Fsp3) is 0.267. The first-order valence-corrected chi connectivity index (χ1v) is 6.12. The summed E-state index contributed by atoms with van der Waals surface area (Å²) >= 11 is 0. The zero-order valence-corrected chi connectivity index (χ0v) is 10.4. The van der Waals surface area contributed by atoms with Crippen LogP contribution in [-0.4, -0.2) is 15.6 Å². The molecule has 1 aromatic carbocycles. The van der Waals surface area contributed by atoms with Crippen molar-refractivity contribution in [3.8, 4) is 0 Å². The summed E-state index contributed by atoms with van der Waals surface area (Å²) in [5.74, 6) is -0.869. The molecule has 2 rings (SSSR count). The molecule has 0 saturated carbocycles. The van der Waals surface area contributed by atoms with Crippen molar-refractivity contribution in [1.29, 1.82) is 0 Å². The summed E-state index contributed by atoms with van der Waals surface area (Å²) in [7, 11) is 0. The molecule has 1 unspecified atom stereocenters. The van der Waals surface area contributed by atoms with Crippen LogP contribution in [0.25, 0.3) is 0 Å². The van der Waals surface area contributed by atoms with E-state index in [0.717, 1.165) is 12.8 Å². The maximum Gasteiger partial charge on any atom is 0.352 e. The second-order valence-corrected chi connectivity index (χ2v) is 4.48. The third-order valence-electron chi connectivity index (χ3n) is 3.17. The van der Waals surface area contributed by atoms with Crippen LogP contribution in [0, 0.1) is 0 Å². The predicted octanol–water partition coefficient (Wildman–Crippen LogP) is 3.38. The lowest BCUT2D eigenvalue weighted by Gasteiger charge is -2.15. The number of hydrogen-bond acceptors (Lipinski definition) is 1. The molecule has 18 heavy (non-hydrogen) atoms. The summed E-state index contributed by atoms with van der Waals surface area (Å²) in [5, 5.41) is 9.07. The summed E-state index contributed by atoms with van der Waals surface area (Å²) in [6, 6.07) is 13.9. The number of aryl methyl sites for hydroxylation is 1. The SMILES string of the molecule is CC(CCc1ccccc1)n1cccc1C(=O)O. The minimum Gasteiger partial charge on any atom is -0.477 e. The van der Waals surface area contributed by atoms with Crippen LogP contribution >= 0.6 is 0 Å². The van der Waals surface area contributed by atoms with Crippen LogP contribution in [0.4, 0.5) is 0 Å². The number of hydrogen-bond donors (Lipinski definition) is 1. The topological polar surface area (TPSA) is 42.2 Å². The van der Waals surface area contributed by atoms with E-state index >= 15 is 0 Å². The van der Waals surface area contributed by atoms with Gasteiger partial charge in [0, 0.05) is 12.2 Å². The Labute approximate surface area is 107 Å². The molecule has 1 N–H and O–H groups in total. The molecule has 0 saturated heterocycles. The van der Waals surface area contributed by atoms with E-state index in [-0.39, 0.29) is 6.04 Å². The van der Waals surface area contributed by atoms with Crippen molar-refractivity contribution in [1.82, 2.24) is 4.57 Å². The minimum absolute atomic E-state index is 0.186. The molecule has 0 amide bonds. The van der Waals surface area contributed by atoms with Crippen molar-refractivity contribution >= 4 is 5.97 Å². The van der Waals surface area contributed by atoms with E-state index in [0.29, 0.717) is 5.69 Å². The molecule has 0 spiro atoms. The molecular weight excluding hydrogens is 226 g/mol. The Morgan fingerprint density at radius 3 is 2.61 bits per heavy atom. The first-order chi connectivity index (χ1) is 8.68. The van der Waals surface area contributed by atoms with Gasteiger partial charge in [-0.3, -0.25) is 0 Å². The predicted molar refractivity (Wildman–Crippen MR) is 70.9 cm³/mol. The lowest BCUT2D eigenvalue weighted by atomic mass is 10.1. The van der Waals surface area contributed by atoms with Gasteiger partial charge in [0.05, 0.1) is 0 Å². The summed E-state index contributed by atoms with van der Waals surface area (Å²) < 4.78 is 1.82. The number of aromatic carboxylic acids is 1. The van der Waals surface area contributed by atoms with Gasteiger partial charge in [0.25, 0.3) is 0 Å². The second kappa shape index (κ2) is 5.54. The van der Waals surface area contributed by atoms with Crippen molar-refractivity contribution in [2.24, 2.45) is 0 Å². The van der Waals surface area contributed by atoms with Crippen LogP contribution in [0.5, 0.6) is 0 Å². The fourth-order valence-corrected chi connectivity index (χ4v) is 2.12. The molecular formula is C15H17NO2. The standard InChI is InChI=1S/C15H17NO2/c1-12(9-10-13-6-3-2-4-7-13)16-11-5-8-14(16)15(17)18/h2-8,11-12H,9-10H2,1H3,(H,17,18). The van der Waals surface area contributed by atoms with Crippen molar-refractivity contribution < 1.29 is 9.90 Å². The monoisotopic (exact) mass is 243 g/mol. The third-order valence-corrected chi connectivity index (χ3v) is 3.17. The van der Waals surface area contributed by atoms with Gasteiger partial charge in [-0.1, -0.05) is 30.3 Å². The van der Waals surface area contributed by atoms with Crippen LogP contribution < -0.4 is 0 Å². The zero-order chi connectivity index (χ0) is 13.0. The van der Waals surface area contributed by atoms with Gasteiger partial charge in [-0.25, -0.2) is 4.79 Å². The molecule has 0 fully saturated rings. The first kappa shape index (κ1) is 12.4. The number of carboxylic acid groups (broad SMARTS) is 1. The largest absolute Gasteiger partial charge is 0.477 e. The maximum atomic E-state index is 11.0. The highest BCUT2D eigenvalue weighted by molar-refractivity contribution is 5.85. The Kier molecular flexibility index (Phi) is 3.82. The smallest absolute Gasteiger partial charge is 0.352 e. The van der Waals surface area contributed by atoms with Crippen LogP contribution in [0.3, 0.4) is 0 Å². The summed E-state index contributed by atoms with van der Waals surface area (Å²) in [4.78, 5) is 11.0. The van der Waals surface area contributed by atoms with Gasteiger partial charge in [-0.05, 0) is 37.5 Å². The van der Waals surface area contributed by atoms with E-state index in [1.165, 1.54) is 5.56 Å². The lowest BCUT2D eigenvalue weighted by Crippen LogP contribution is -2.12. The van der Waals surface area contributed by atoms with Crippen LogP contribution in [0.1, 0.15) is 35.4 Å². The van der Waals surface area contributed by atoms with Gasteiger partial charge >= 0.3 is 5.97 Å². The number of carboxylic acids is 1. The minimum atomic E-state index is -0.869. The van der Waals surface area contributed by atoms with Crippen molar-refractivity contribution in [2.75, 3.05) is 0 Å². The summed E-state index contributed by atoms with van der Waals surface area (Å²) in [6.07, 6.45) is 3.72. The van der Waals surface area contributed by atoms with Gasteiger partial charge in [0.2, 0.25) is 0 Å². The Hall–Kier alpha value is -2.03. The molecule has 1 atom stereocenters. The average Bonchev–Trinajstić information content (AvgIpc) is 2.86. The van der Waals surface area contributed by atoms with E-state index in [1.807, 2.05) is 29.0 Å². The van der Waals surface area contributed by atoms with Gasteiger partial charge in [0.1, 0.15) is 5.69 Å². The Bertz CT molecular complexity index is 516. The van der Waals surface area contributed by atoms with E-state index in [2.05, 4.69) is 19.1 Å². The highest BCUT2D eigenvalue weighted by Gasteiger charge is 2.13. The number of rotatable bonds is 5. The van der Waals surface area contributed by atoms with Crippen molar-refractivity contribution in [3.05, 3.63) is 59.9 Å². The van der Waals surface area contributed by atoms with Crippen LogP contribution in [-0.2, 0) is 6.42 Å². The molecule has 94 valence electrons. The summed E-state index contributed by atoms with van der Waals surface area (Å²) in [5.41, 5.74) is 1.64. The molecule has 0 aliphatic carbocycles. The second-order valence-electron chi connectivity index (χ2n) is 4.48. The summed E-state index contributed by atoms with van der Waals surface area (Å²) in [6.45, 7) is 2.05. The normalized spacial score (nSPS) is 12.3. The highest BCUT2D eigenvalue weighted by Crippen LogP contribution is 2.17. The van der Waals surface area contributed by atoms with Gasteiger partial charge in [0.15, 0.2) is 0 Å². The molecule has 0 radical (unpaired) electrons. The van der Waals surface area contributed by atoms with Gasteiger partial charge in [-0.15, -0.1) is 0 Å². The van der Waals surface area contributed by atoms with E-state index in [4.69, 9.17) is 5.11 Å². The molecule has 1 aromatic heterocycles. The van der Waals surface area contributed by atoms with E-state index in [1.54, 1.807) is 12.1 Å². The Morgan fingerprint density at radius 1 is 1.22 bits per heavy atom. The third kappa shape index (κ3) is 2.80. The zero-order valence-electron chi connectivity index (χ0n) is 10.4. The van der Waals surface area contributed by atoms with Gasteiger partial charge < -0.3 is 9.67 Å². The molecule has 3 nitrogen and oxygen atoms in total. The lowest BCUT2D eigenvalue weighted by molar-refractivity contribution is 0.0682. The molecule has 3 heteroatoms. The molecule has 0 aliphatic heterocycles. The first-order valence-electron chi connectivity index (χ1n) is 6.12. The van der Waals surface area contributed by atoms with Gasteiger partial charge in [-0.2, -0.15) is 0 Å². The molecule has 1 heterocycles. The van der Waals surface area contributed by atoms with Crippen molar-refractivity contribution in [3.63, 3.8) is 0 Å². The maximum absolute atomic E-state index is 11.0. The number of nitrogens with zero attached hydrogens (tertiary/aromatic N) is 1. The highest BCUT2D eigenvalue weighted by atomic mass is 16.4. The van der Waals surface area contributed by atoms with E-state index < -0.39 is 5.97 Å². The Morgan fingerprint density at radius 2 is 1.94 bits per heavy atom. The van der Waals surface area contributed by atoms with Crippen LogP contribution in [0.15, 0.2) is 48.7 Å². The number of carbonyl (C=O) groups is 1. The fourth-order valence-electron chi connectivity index (χ4n) is 2.12. The van der Waals surface area contributed by atoms with Crippen LogP contribution in [0.2, 0.25) is 0 Å².